The molecule has 0 fully saturated rings. The summed E-state index contributed by atoms with van der Waals surface area (Å²) in [5.74, 6) is 0.997. The second-order valence-electron chi connectivity index (χ2n) is 7.42. The fraction of sp³-hybridized carbons (Fsp3) is 0.304. The molecule has 2 heterocycles. The van der Waals surface area contributed by atoms with Gasteiger partial charge in [0.15, 0.2) is 5.16 Å². The minimum atomic E-state index is -0.153. The predicted octanol–water partition coefficient (Wildman–Crippen LogP) is 5.58. The van der Waals surface area contributed by atoms with Crippen molar-refractivity contribution in [2.45, 2.75) is 50.6 Å². The number of fused-ring (bicyclic) bond motifs is 1. The van der Waals surface area contributed by atoms with E-state index in [0.29, 0.717) is 27.8 Å². The maximum absolute atomic E-state index is 13.1. The molecule has 0 aliphatic rings. The van der Waals surface area contributed by atoms with Crippen LogP contribution in [0.25, 0.3) is 22.4 Å². The van der Waals surface area contributed by atoms with Crippen LogP contribution in [0.5, 0.6) is 0 Å². The van der Waals surface area contributed by atoms with Crippen molar-refractivity contribution < 1.29 is 4.42 Å². The molecule has 0 bridgehead atoms. The second kappa shape index (κ2) is 8.44. The summed E-state index contributed by atoms with van der Waals surface area (Å²) in [7, 11) is 0. The third kappa shape index (κ3) is 3.89. The molecule has 0 amide bonds. The van der Waals surface area contributed by atoms with Crippen molar-refractivity contribution in [2.24, 2.45) is 0 Å². The van der Waals surface area contributed by atoms with Crippen LogP contribution in [0.3, 0.4) is 0 Å². The third-order valence-corrected chi connectivity index (χ3v) is 6.23. The van der Waals surface area contributed by atoms with Crippen molar-refractivity contribution in [1.29, 1.82) is 0 Å². The Morgan fingerprint density at radius 1 is 1.07 bits per heavy atom. The quantitative estimate of drug-likeness (QED) is 0.299. The Labute approximate surface area is 179 Å². The van der Waals surface area contributed by atoms with Crippen molar-refractivity contribution in [2.75, 3.05) is 0 Å². The topological polar surface area (TPSA) is 73.8 Å². The lowest BCUT2D eigenvalue weighted by molar-refractivity contribution is 0.466. The molecular formula is C23H24N4O2S. The average molecular weight is 421 g/mol. The van der Waals surface area contributed by atoms with E-state index in [1.165, 1.54) is 17.3 Å². The summed E-state index contributed by atoms with van der Waals surface area (Å²) < 4.78 is 7.71. The van der Waals surface area contributed by atoms with Crippen LogP contribution in [0.15, 0.2) is 62.9 Å². The van der Waals surface area contributed by atoms with Crippen LogP contribution in [-0.2, 0) is 0 Å². The average Bonchev–Trinajstić information content (AvgIpc) is 3.24. The first-order chi connectivity index (χ1) is 14.5. The predicted molar refractivity (Wildman–Crippen MR) is 120 cm³/mol. The molecule has 2 aromatic heterocycles. The molecule has 2 aromatic carbocycles. The van der Waals surface area contributed by atoms with E-state index in [9.17, 15) is 4.79 Å². The molecule has 0 saturated heterocycles. The Morgan fingerprint density at radius 3 is 2.53 bits per heavy atom. The standard InChI is InChI=1S/C23H24N4O2S/c1-5-15(3)27-22(28)18-8-6-7-9-19(18)24-23(27)30-16(4)20-25-26-21(29-20)17-12-10-14(2)11-13-17/h6-13,15-16H,5H2,1-4H3/t15-,16+/m0/s1. The van der Waals surface area contributed by atoms with Crippen molar-refractivity contribution >= 4 is 22.7 Å². The van der Waals surface area contributed by atoms with Gasteiger partial charge in [-0.25, -0.2) is 4.98 Å². The normalized spacial score (nSPS) is 13.5. The highest BCUT2D eigenvalue weighted by molar-refractivity contribution is 7.99. The van der Waals surface area contributed by atoms with Crippen LogP contribution in [0, 0.1) is 6.92 Å². The lowest BCUT2D eigenvalue weighted by Gasteiger charge is -2.19. The van der Waals surface area contributed by atoms with E-state index >= 15 is 0 Å². The smallest absolute Gasteiger partial charge is 0.262 e. The van der Waals surface area contributed by atoms with E-state index in [4.69, 9.17) is 9.40 Å². The van der Waals surface area contributed by atoms with Gasteiger partial charge in [0.2, 0.25) is 11.8 Å². The molecule has 0 saturated carbocycles. The van der Waals surface area contributed by atoms with Crippen LogP contribution in [0.4, 0.5) is 0 Å². The number of rotatable bonds is 6. The number of para-hydroxylation sites is 1. The van der Waals surface area contributed by atoms with Crippen LogP contribution in [0.2, 0.25) is 0 Å². The lowest BCUT2D eigenvalue weighted by Crippen LogP contribution is -2.26. The Bertz CT molecular complexity index is 1230. The van der Waals surface area contributed by atoms with Crippen LogP contribution < -0.4 is 5.56 Å². The molecule has 154 valence electrons. The minimum absolute atomic E-state index is 0.0180. The van der Waals surface area contributed by atoms with Crippen LogP contribution >= 0.6 is 11.8 Å². The van der Waals surface area contributed by atoms with Gasteiger partial charge in [-0.2, -0.15) is 0 Å². The summed E-state index contributed by atoms with van der Waals surface area (Å²) in [5.41, 5.74) is 2.74. The molecule has 4 aromatic rings. The SMILES string of the molecule is CC[C@H](C)n1c(S[C@H](C)c2nnc(-c3ccc(C)cc3)o2)nc2ccccc2c1=O. The Balaban J connectivity index is 1.68. The molecule has 0 aliphatic heterocycles. The highest BCUT2D eigenvalue weighted by Crippen LogP contribution is 2.35. The van der Waals surface area contributed by atoms with Gasteiger partial charge >= 0.3 is 0 Å². The zero-order valence-electron chi connectivity index (χ0n) is 17.5. The fourth-order valence-electron chi connectivity index (χ4n) is 3.20. The molecule has 4 rings (SSSR count). The van der Waals surface area contributed by atoms with Crippen LogP contribution in [0.1, 0.15) is 49.9 Å². The number of nitrogens with zero attached hydrogens (tertiary/aromatic N) is 4. The number of aryl methyl sites for hydroxylation is 1. The number of aromatic nitrogens is 4. The van der Waals surface area contributed by atoms with Gasteiger partial charge in [-0.1, -0.05) is 48.5 Å². The fourth-order valence-corrected chi connectivity index (χ4v) is 4.24. The van der Waals surface area contributed by atoms with E-state index in [2.05, 4.69) is 17.1 Å². The van der Waals surface area contributed by atoms with Gasteiger partial charge in [0, 0.05) is 11.6 Å². The molecule has 0 aliphatic carbocycles. The number of hydrogen-bond donors (Lipinski definition) is 0. The lowest BCUT2D eigenvalue weighted by atomic mass is 10.1. The van der Waals surface area contributed by atoms with Crippen molar-refractivity contribution in [3.63, 3.8) is 0 Å². The first-order valence-electron chi connectivity index (χ1n) is 10.1. The third-order valence-electron chi connectivity index (χ3n) is 5.18. The summed E-state index contributed by atoms with van der Waals surface area (Å²) in [6.45, 7) is 8.12. The van der Waals surface area contributed by atoms with E-state index in [-0.39, 0.29) is 16.9 Å². The highest BCUT2D eigenvalue weighted by Gasteiger charge is 2.22. The summed E-state index contributed by atoms with van der Waals surface area (Å²) in [4.78, 5) is 17.9. The van der Waals surface area contributed by atoms with Crippen molar-refractivity contribution in [3.8, 4) is 11.5 Å². The number of thioether (sulfide) groups is 1. The van der Waals surface area contributed by atoms with Crippen LogP contribution in [-0.4, -0.2) is 19.7 Å². The molecule has 7 heteroatoms. The molecule has 0 unspecified atom stereocenters. The van der Waals surface area contributed by atoms with Gasteiger partial charge in [0.1, 0.15) is 0 Å². The maximum atomic E-state index is 13.1. The van der Waals surface area contributed by atoms with Gasteiger partial charge in [-0.05, 0) is 51.5 Å². The maximum Gasteiger partial charge on any atom is 0.262 e. The summed E-state index contributed by atoms with van der Waals surface area (Å²) in [6, 6.07) is 15.5. The number of hydrogen-bond acceptors (Lipinski definition) is 6. The largest absolute Gasteiger partial charge is 0.419 e. The van der Waals surface area contributed by atoms with Crippen molar-refractivity contribution in [1.82, 2.24) is 19.7 Å². The monoisotopic (exact) mass is 420 g/mol. The van der Waals surface area contributed by atoms with E-state index in [1.807, 2.05) is 69.3 Å². The van der Waals surface area contributed by atoms with Gasteiger partial charge in [0.25, 0.3) is 5.56 Å². The summed E-state index contributed by atoms with van der Waals surface area (Å²) >= 11 is 1.46. The Hall–Kier alpha value is -2.93. The van der Waals surface area contributed by atoms with E-state index in [0.717, 1.165) is 12.0 Å². The first-order valence-corrected chi connectivity index (χ1v) is 10.9. The molecule has 0 spiro atoms. The molecule has 30 heavy (non-hydrogen) atoms. The van der Waals surface area contributed by atoms with E-state index < -0.39 is 0 Å². The van der Waals surface area contributed by atoms with E-state index in [1.54, 1.807) is 4.57 Å². The van der Waals surface area contributed by atoms with Crippen molar-refractivity contribution in [3.05, 3.63) is 70.3 Å². The summed E-state index contributed by atoms with van der Waals surface area (Å²) in [6.07, 6.45) is 0.833. The zero-order chi connectivity index (χ0) is 21.3. The molecule has 6 nitrogen and oxygen atoms in total. The minimum Gasteiger partial charge on any atom is -0.419 e. The number of benzene rings is 2. The summed E-state index contributed by atoms with van der Waals surface area (Å²) in [5, 5.41) is 9.58. The Kier molecular flexibility index (Phi) is 5.72. The zero-order valence-corrected chi connectivity index (χ0v) is 18.3. The molecule has 0 N–H and O–H groups in total. The van der Waals surface area contributed by atoms with Gasteiger partial charge < -0.3 is 4.42 Å². The Morgan fingerprint density at radius 2 is 1.80 bits per heavy atom. The van der Waals surface area contributed by atoms with Gasteiger partial charge in [0.05, 0.1) is 16.2 Å². The molecule has 2 atom stereocenters. The molecular weight excluding hydrogens is 396 g/mol. The van der Waals surface area contributed by atoms with Gasteiger partial charge in [-0.15, -0.1) is 10.2 Å². The first kappa shape index (κ1) is 20.3. The highest BCUT2D eigenvalue weighted by atomic mass is 32.2. The molecule has 0 radical (unpaired) electrons. The van der Waals surface area contributed by atoms with Gasteiger partial charge in [-0.3, -0.25) is 9.36 Å². The second-order valence-corrected chi connectivity index (χ2v) is 8.72.